The summed E-state index contributed by atoms with van der Waals surface area (Å²) in [6.07, 6.45) is 3.90. The van der Waals surface area contributed by atoms with Crippen LogP contribution in [-0.4, -0.2) is 7.05 Å². The predicted octanol–water partition coefficient (Wildman–Crippen LogP) is 5.01. The molecule has 0 aromatic heterocycles. The van der Waals surface area contributed by atoms with Crippen LogP contribution < -0.4 is 5.32 Å². The number of rotatable bonds is 4. The van der Waals surface area contributed by atoms with Crippen molar-refractivity contribution < 1.29 is 4.39 Å². The van der Waals surface area contributed by atoms with E-state index in [0.717, 1.165) is 9.13 Å². The zero-order chi connectivity index (χ0) is 14.8. The zero-order valence-electron chi connectivity index (χ0n) is 12.1. The predicted molar refractivity (Wildman–Crippen MR) is 93.1 cm³/mol. The lowest BCUT2D eigenvalue weighted by atomic mass is 9.76. The molecular weight excluding hydrogens is 376 g/mol. The quantitative estimate of drug-likeness (QED) is 0.718. The van der Waals surface area contributed by atoms with Crippen molar-refractivity contribution in [2.45, 2.75) is 31.2 Å². The molecular formula is C18H19FIN. The minimum Gasteiger partial charge on any atom is -0.309 e. The van der Waals surface area contributed by atoms with Gasteiger partial charge in [-0.2, -0.15) is 0 Å². The number of hydrogen-bond acceptors (Lipinski definition) is 1. The third-order valence-electron chi connectivity index (χ3n) is 4.41. The van der Waals surface area contributed by atoms with Gasteiger partial charge in [-0.1, -0.05) is 36.8 Å². The van der Waals surface area contributed by atoms with Crippen molar-refractivity contribution in [1.82, 2.24) is 5.32 Å². The van der Waals surface area contributed by atoms with Gasteiger partial charge in [0.2, 0.25) is 0 Å². The standard InChI is InChI=1S/C18H19FIN/c1-21-18(16-10-9-13(19)11-17(16)20)15-8-3-2-7-14(15)12-5-4-6-12/h2-3,7-12,18,21H,4-6H2,1H3. The molecule has 1 aliphatic carbocycles. The maximum absolute atomic E-state index is 13.4. The molecule has 0 spiro atoms. The summed E-state index contributed by atoms with van der Waals surface area (Å²) >= 11 is 2.22. The fourth-order valence-corrected chi connectivity index (χ4v) is 3.87. The maximum atomic E-state index is 13.4. The fraction of sp³-hybridized carbons (Fsp3) is 0.333. The van der Waals surface area contributed by atoms with E-state index >= 15 is 0 Å². The molecule has 1 nitrogen and oxygen atoms in total. The largest absolute Gasteiger partial charge is 0.309 e. The van der Waals surface area contributed by atoms with Gasteiger partial charge in [0.05, 0.1) is 6.04 Å². The van der Waals surface area contributed by atoms with Crippen LogP contribution >= 0.6 is 22.6 Å². The monoisotopic (exact) mass is 395 g/mol. The van der Waals surface area contributed by atoms with Crippen LogP contribution in [0.5, 0.6) is 0 Å². The lowest BCUT2D eigenvalue weighted by Crippen LogP contribution is -2.22. The van der Waals surface area contributed by atoms with E-state index in [1.165, 1.54) is 30.4 Å². The van der Waals surface area contributed by atoms with Crippen LogP contribution in [0.4, 0.5) is 4.39 Å². The normalized spacial score (nSPS) is 16.5. The van der Waals surface area contributed by atoms with E-state index in [-0.39, 0.29) is 11.9 Å². The molecule has 0 aliphatic heterocycles. The highest BCUT2D eigenvalue weighted by Crippen LogP contribution is 2.41. The van der Waals surface area contributed by atoms with Gasteiger partial charge in [0.1, 0.15) is 5.82 Å². The molecule has 1 saturated carbocycles. The molecule has 1 fully saturated rings. The van der Waals surface area contributed by atoms with Gasteiger partial charge in [0, 0.05) is 3.57 Å². The first-order valence-electron chi connectivity index (χ1n) is 7.41. The van der Waals surface area contributed by atoms with Crippen molar-refractivity contribution in [3.8, 4) is 0 Å². The second-order valence-corrected chi connectivity index (χ2v) is 6.81. The summed E-state index contributed by atoms with van der Waals surface area (Å²) in [5, 5.41) is 3.41. The van der Waals surface area contributed by atoms with Crippen molar-refractivity contribution >= 4 is 22.6 Å². The lowest BCUT2D eigenvalue weighted by molar-refractivity contribution is 0.415. The van der Waals surface area contributed by atoms with Gasteiger partial charge in [0.25, 0.3) is 0 Å². The molecule has 21 heavy (non-hydrogen) atoms. The minimum absolute atomic E-state index is 0.120. The third-order valence-corrected chi connectivity index (χ3v) is 5.35. The van der Waals surface area contributed by atoms with E-state index < -0.39 is 0 Å². The van der Waals surface area contributed by atoms with Crippen LogP contribution in [0.1, 0.15) is 47.9 Å². The van der Waals surface area contributed by atoms with E-state index in [2.05, 4.69) is 52.2 Å². The number of benzene rings is 2. The first kappa shape index (κ1) is 15.0. The molecule has 0 saturated heterocycles. The summed E-state index contributed by atoms with van der Waals surface area (Å²) < 4.78 is 14.3. The maximum Gasteiger partial charge on any atom is 0.124 e. The summed E-state index contributed by atoms with van der Waals surface area (Å²) in [5.41, 5.74) is 3.92. The smallest absolute Gasteiger partial charge is 0.124 e. The van der Waals surface area contributed by atoms with Gasteiger partial charge in [0.15, 0.2) is 0 Å². The molecule has 0 radical (unpaired) electrons. The Kier molecular flexibility index (Phi) is 4.60. The van der Waals surface area contributed by atoms with Crippen molar-refractivity contribution in [3.05, 3.63) is 68.5 Å². The summed E-state index contributed by atoms with van der Waals surface area (Å²) in [5.74, 6) is 0.514. The van der Waals surface area contributed by atoms with Crippen LogP contribution in [0.3, 0.4) is 0 Å². The number of hydrogen-bond donors (Lipinski definition) is 1. The van der Waals surface area contributed by atoms with E-state index in [9.17, 15) is 4.39 Å². The Bertz CT molecular complexity index is 637. The average molecular weight is 395 g/mol. The van der Waals surface area contributed by atoms with Gasteiger partial charge < -0.3 is 5.32 Å². The summed E-state index contributed by atoms with van der Waals surface area (Å²) in [7, 11) is 1.97. The molecule has 3 heteroatoms. The first-order valence-corrected chi connectivity index (χ1v) is 8.49. The van der Waals surface area contributed by atoms with Crippen LogP contribution in [0.25, 0.3) is 0 Å². The van der Waals surface area contributed by atoms with Crippen LogP contribution in [0, 0.1) is 9.39 Å². The molecule has 1 unspecified atom stereocenters. The second kappa shape index (κ2) is 6.44. The molecule has 0 bridgehead atoms. The molecule has 0 heterocycles. The third kappa shape index (κ3) is 2.99. The van der Waals surface area contributed by atoms with Gasteiger partial charge in [-0.15, -0.1) is 0 Å². The highest BCUT2D eigenvalue weighted by molar-refractivity contribution is 14.1. The Morgan fingerprint density at radius 1 is 1.14 bits per heavy atom. The van der Waals surface area contributed by atoms with E-state index in [0.29, 0.717) is 5.92 Å². The van der Waals surface area contributed by atoms with Crippen LogP contribution in [-0.2, 0) is 0 Å². The molecule has 110 valence electrons. The number of nitrogens with one attached hydrogen (secondary N) is 1. The molecule has 1 N–H and O–H groups in total. The number of halogens is 2. The van der Waals surface area contributed by atoms with E-state index in [1.54, 1.807) is 12.1 Å². The fourth-order valence-electron chi connectivity index (χ4n) is 3.08. The molecule has 1 atom stereocenters. The first-order chi connectivity index (χ1) is 10.2. The molecule has 2 aromatic carbocycles. The molecule has 1 aliphatic rings. The summed E-state index contributed by atoms with van der Waals surface area (Å²) in [4.78, 5) is 0. The van der Waals surface area contributed by atoms with Gasteiger partial charge in [-0.3, -0.25) is 0 Å². The second-order valence-electron chi connectivity index (χ2n) is 5.64. The molecule has 0 amide bonds. The topological polar surface area (TPSA) is 12.0 Å². The Morgan fingerprint density at radius 3 is 2.52 bits per heavy atom. The minimum atomic E-state index is -0.176. The summed E-state index contributed by atoms with van der Waals surface area (Å²) in [6, 6.07) is 13.8. The van der Waals surface area contributed by atoms with Crippen molar-refractivity contribution in [2.24, 2.45) is 0 Å². The van der Waals surface area contributed by atoms with Crippen LogP contribution in [0.2, 0.25) is 0 Å². The van der Waals surface area contributed by atoms with E-state index in [4.69, 9.17) is 0 Å². The summed E-state index contributed by atoms with van der Waals surface area (Å²) in [6.45, 7) is 0. The lowest BCUT2D eigenvalue weighted by Gasteiger charge is -2.31. The van der Waals surface area contributed by atoms with Crippen molar-refractivity contribution in [1.29, 1.82) is 0 Å². The van der Waals surface area contributed by atoms with Crippen LogP contribution in [0.15, 0.2) is 42.5 Å². The van der Waals surface area contributed by atoms with Crippen molar-refractivity contribution in [3.63, 3.8) is 0 Å². The van der Waals surface area contributed by atoms with Gasteiger partial charge in [-0.25, -0.2) is 4.39 Å². The molecule has 3 rings (SSSR count). The Labute approximate surface area is 139 Å². The van der Waals surface area contributed by atoms with Gasteiger partial charge in [-0.05, 0) is 77.2 Å². The molecule has 2 aromatic rings. The zero-order valence-corrected chi connectivity index (χ0v) is 14.2. The highest BCUT2D eigenvalue weighted by Gasteiger charge is 2.25. The van der Waals surface area contributed by atoms with Crippen molar-refractivity contribution in [2.75, 3.05) is 7.05 Å². The van der Waals surface area contributed by atoms with Gasteiger partial charge >= 0.3 is 0 Å². The Balaban J connectivity index is 2.03. The Morgan fingerprint density at radius 2 is 1.90 bits per heavy atom. The SMILES string of the molecule is CNC(c1ccc(F)cc1I)c1ccccc1C1CCC1. The average Bonchev–Trinajstić information content (AvgIpc) is 2.41. The highest BCUT2D eigenvalue weighted by atomic mass is 127. The van der Waals surface area contributed by atoms with E-state index in [1.807, 2.05) is 13.1 Å². The Hall–Kier alpha value is -0.940.